The summed E-state index contributed by atoms with van der Waals surface area (Å²) in [6.07, 6.45) is 0. The minimum atomic E-state index is -5.10. The fraction of sp³-hybridized carbons (Fsp3) is 0.321. The molecule has 3 rings (SSSR count). The molecule has 0 bridgehead atoms. The van der Waals surface area contributed by atoms with Crippen LogP contribution < -0.4 is 4.72 Å². The predicted molar refractivity (Wildman–Crippen MR) is 140 cm³/mol. The van der Waals surface area contributed by atoms with Gasteiger partial charge in [-0.2, -0.15) is 0 Å². The number of nitrogens with zero attached hydrogens (tertiary/aromatic N) is 1. The molecule has 1 atom stereocenters. The molecule has 6 nitrogen and oxygen atoms in total. The minimum absolute atomic E-state index is 0.168. The molecule has 40 heavy (non-hydrogen) atoms. The summed E-state index contributed by atoms with van der Waals surface area (Å²) in [6.45, 7) is 2.43. The van der Waals surface area contributed by atoms with Crippen molar-refractivity contribution in [1.29, 1.82) is 0 Å². The Morgan fingerprint density at radius 3 is 1.70 bits per heavy atom. The lowest BCUT2D eigenvalue weighted by atomic mass is 10.1. The quantitative estimate of drug-likeness (QED) is 0.174. The number of hydrogen-bond donors (Lipinski definition) is 1. The van der Waals surface area contributed by atoms with Crippen molar-refractivity contribution in [3.05, 3.63) is 101 Å². The zero-order valence-corrected chi connectivity index (χ0v) is 22.9. The van der Waals surface area contributed by atoms with E-state index < -0.39 is 74.6 Å². The highest BCUT2D eigenvalue weighted by atomic mass is 32.2. The molecule has 0 aliphatic rings. The number of rotatable bonds is 11. The Morgan fingerprint density at radius 1 is 0.850 bits per heavy atom. The van der Waals surface area contributed by atoms with Crippen LogP contribution in [0.2, 0.25) is 0 Å². The molecule has 0 aliphatic heterocycles. The van der Waals surface area contributed by atoms with Crippen molar-refractivity contribution in [2.24, 2.45) is 0 Å². The molecule has 0 heterocycles. The highest BCUT2D eigenvalue weighted by molar-refractivity contribution is 7.94. The molecule has 0 saturated carbocycles. The van der Waals surface area contributed by atoms with Crippen molar-refractivity contribution in [3.8, 4) is 0 Å². The number of hydrogen-bond acceptors (Lipinski definition) is 5. The van der Waals surface area contributed by atoms with Gasteiger partial charge in [0.1, 0.15) is 18.0 Å². The van der Waals surface area contributed by atoms with Crippen LogP contribution in [0.3, 0.4) is 0 Å². The molecule has 3 aromatic carbocycles. The summed E-state index contributed by atoms with van der Waals surface area (Å²) in [6, 6.07) is 17.8. The number of ether oxygens (including phenoxy) is 1. The van der Waals surface area contributed by atoms with Crippen LogP contribution in [-0.2, 0) is 39.3 Å². The lowest BCUT2D eigenvalue weighted by molar-refractivity contribution is -0.154. The van der Waals surface area contributed by atoms with Crippen LogP contribution in [-0.4, -0.2) is 36.7 Å². The number of carbonyl (C=O) groups excluding carboxylic acids is 1. The highest BCUT2D eigenvalue weighted by Crippen LogP contribution is 2.30. The average Bonchev–Trinajstić information content (AvgIpc) is 2.89. The van der Waals surface area contributed by atoms with Gasteiger partial charge < -0.3 is 4.74 Å². The van der Waals surface area contributed by atoms with Crippen LogP contribution in [0.15, 0.2) is 60.7 Å². The van der Waals surface area contributed by atoms with Gasteiger partial charge in [-0.1, -0.05) is 60.7 Å². The molecule has 0 aromatic heterocycles. The van der Waals surface area contributed by atoms with Gasteiger partial charge in [0.15, 0.2) is 28.5 Å². The van der Waals surface area contributed by atoms with Gasteiger partial charge in [0, 0.05) is 19.6 Å². The van der Waals surface area contributed by atoms with E-state index in [-0.39, 0.29) is 13.1 Å². The number of sulfonamides is 1. The molecule has 12 heteroatoms. The number of esters is 1. The van der Waals surface area contributed by atoms with Crippen LogP contribution in [0.5, 0.6) is 0 Å². The second kappa shape index (κ2) is 12.8. The summed E-state index contributed by atoms with van der Waals surface area (Å²) in [5.41, 5.74) is -2.84. The van der Waals surface area contributed by atoms with Crippen LogP contribution in [0.25, 0.3) is 0 Å². The van der Waals surface area contributed by atoms with Gasteiger partial charge in [-0.25, -0.2) is 30.4 Å². The van der Waals surface area contributed by atoms with Crippen molar-refractivity contribution >= 4 is 21.7 Å². The second-order valence-electron chi connectivity index (χ2n) is 10.1. The van der Waals surface area contributed by atoms with E-state index in [1.54, 1.807) is 65.6 Å². The van der Waals surface area contributed by atoms with Crippen molar-refractivity contribution in [2.75, 3.05) is 11.3 Å². The van der Waals surface area contributed by atoms with E-state index >= 15 is 0 Å². The van der Waals surface area contributed by atoms with Crippen LogP contribution in [0, 0.1) is 23.3 Å². The zero-order chi connectivity index (χ0) is 29.7. The second-order valence-corrected chi connectivity index (χ2v) is 11.9. The first-order valence-electron chi connectivity index (χ1n) is 12.2. The highest BCUT2D eigenvalue weighted by Gasteiger charge is 2.40. The molecule has 0 radical (unpaired) electrons. The molecular weight excluding hydrogens is 555 g/mol. The first-order valence-corrected chi connectivity index (χ1v) is 13.7. The van der Waals surface area contributed by atoms with Gasteiger partial charge in [0.05, 0.1) is 5.56 Å². The molecule has 0 spiro atoms. The van der Waals surface area contributed by atoms with Crippen LogP contribution >= 0.6 is 0 Å². The van der Waals surface area contributed by atoms with E-state index in [4.69, 9.17) is 4.74 Å². The maximum absolute atomic E-state index is 14.6. The predicted octanol–water partition coefficient (Wildman–Crippen LogP) is 5.87. The summed E-state index contributed by atoms with van der Waals surface area (Å²) < 4.78 is 104. The fourth-order valence-electron chi connectivity index (χ4n) is 3.87. The third-order valence-electron chi connectivity index (χ3n) is 5.70. The molecule has 3 aromatic rings. The largest absolute Gasteiger partial charge is 0.459 e. The van der Waals surface area contributed by atoms with E-state index in [0.717, 1.165) is 11.1 Å². The summed E-state index contributed by atoms with van der Waals surface area (Å²) in [5.74, 6) is -9.74. The normalized spacial score (nSPS) is 12.8. The van der Waals surface area contributed by atoms with E-state index in [0.29, 0.717) is 0 Å². The summed E-state index contributed by atoms with van der Waals surface area (Å²) in [7, 11) is -5.10. The van der Waals surface area contributed by atoms with Crippen molar-refractivity contribution < 1.29 is 39.9 Å². The first-order chi connectivity index (χ1) is 18.7. The molecular formula is C28H29F5N2O4S. The molecule has 0 amide bonds. The maximum Gasteiger partial charge on any atom is 0.328 e. The number of nitrogens with one attached hydrogen (secondary N) is 1. The molecule has 0 aliphatic carbocycles. The monoisotopic (exact) mass is 584 g/mol. The number of benzene rings is 3. The van der Waals surface area contributed by atoms with Gasteiger partial charge >= 0.3 is 5.97 Å². The van der Waals surface area contributed by atoms with E-state index in [1.165, 1.54) is 25.5 Å². The van der Waals surface area contributed by atoms with Gasteiger partial charge in [-0.05, 0) is 31.9 Å². The Morgan fingerprint density at radius 2 is 1.30 bits per heavy atom. The van der Waals surface area contributed by atoms with Crippen molar-refractivity contribution in [2.45, 2.75) is 51.4 Å². The van der Waals surface area contributed by atoms with Gasteiger partial charge in [-0.3, -0.25) is 14.4 Å². The zero-order valence-electron chi connectivity index (χ0n) is 22.1. The fourth-order valence-corrected chi connectivity index (χ4v) is 5.18. The SMILES string of the molecule is CC(C)(C)OC(=O)[C@H](CN(Cc1ccccc1)Cc1ccccc1)S(=O)(=O)Nc1c(F)c(F)c(CF)c(F)c1F. The smallest absolute Gasteiger partial charge is 0.328 e. The molecule has 0 saturated heterocycles. The molecule has 216 valence electrons. The standard InChI is InChI=1S/C28H29F5N2O4S/c1-28(2,3)39-27(36)21(40(37,38)34-26-24(32)22(30)20(14-29)23(31)25(26)33)17-35(15-18-10-6-4-7-11-18)16-19-12-8-5-9-13-19/h4-13,21,34H,14-17H2,1-3H3/t21-/m0/s1. The Kier molecular flexibility index (Phi) is 9.91. The lowest BCUT2D eigenvalue weighted by Gasteiger charge is -2.29. The van der Waals surface area contributed by atoms with Crippen molar-refractivity contribution in [1.82, 2.24) is 4.90 Å². The Bertz CT molecular complexity index is 1360. The first kappa shape index (κ1) is 31.0. The number of alkyl halides is 1. The van der Waals surface area contributed by atoms with E-state index in [2.05, 4.69) is 0 Å². The number of anilines is 1. The summed E-state index contributed by atoms with van der Waals surface area (Å²) in [4.78, 5) is 14.8. The van der Waals surface area contributed by atoms with Crippen LogP contribution in [0.1, 0.15) is 37.5 Å². The van der Waals surface area contributed by atoms with E-state index in [1.807, 2.05) is 0 Å². The maximum atomic E-state index is 14.6. The lowest BCUT2D eigenvalue weighted by Crippen LogP contribution is -2.46. The Hall–Kier alpha value is -3.51. The molecule has 0 fully saturated rings. The average molecular weight is 585 g/mol. The number of carbonyl (C=O) groups is 1. The minimum Gasteiger partial charge on any atom is -0.459 e. The van der Waals surface area contributed by atoms with Crippen molar-refractivity contribution in [3.63, 3.8) is 0 Å². The Balaban J connectivity index is 2.05. The number of halogens is 5. The topological polar surface area (TPSA) is 75.7 Å². The molecule has 0 unspecified atom stereocenters. The third kappa shape index (κ3) is 7.79. The van der Waals surface area contributed by atoms with Crippen LogP contribution in [0.4, 0.5) is 27.6 Å². The van der Waals surface area contributed by atoms with E-state index in [9.17, 15) is 35.2 Å². The Labute approximate surface area is 229 Å². The van der Waals surface area contributed by atoms with Gasteiger partial charge in [-0.15, -0.1) is 0 Å². The summed E-state index contributed by atoms with van der Waals surface area (Å²) >= 11 is 0. The van der Waals surface area contributed by atoms with Gasteiger partial charge in [0.25, 0.3) is 0 Å². The van der Waals surface area contributed by atoms with Gasteiger partial charge in [0.2, 0.25) is 10.0 Å². The third-order valence-corrected chi connectivity index (χ3v) is 7.28. The summed E-state index contributed by atoms with van der Waals surface area (Å²) in [5, 5.41) is -2.09. The molecule has 1 N–H and O–H groups in total.